The van der Waals surface area contributed by atoms with Crippen LogP contribution in [0.2, 0.25) is 0 Å². The molecular formula is C6H14Cl. The topological polar surface area (TPSA) is 0 Å². The highest BCUT2D eigenvalue weighted by molar-refractivity contribution is 5.85. The second-order valence-corrected chi connectivity index (χ2v) is 1.55. The molecule has 0 aliphatic carbocycles. The summed E-state index contributed by atoms with van der Waals surface area (Å²) in [5.41, 5.74) is 0. The molecule has 0 aromatic carbocycles. The van der Waals surface area contributed by atoms with Crippen molar-refractivity contribution in [2.75, 3.05) is 0 Å². The lowest BCUT2D eigenvalue weighted by Gasteiger charge is -1.85. The van der Waals surface area contributed by atoms with Crippen LogP contribution in [0.5, 0.6) is 0 Å². The normalized spacial score (nSPS) is 7.71. The third kappa shape index (κ3) is 10.7. The van der Waals surface area contributed by atoms with E-state index in [1.165, 1.54) is 19.3 Å². The summed E-state index contributed by atoms with van der Waals surface area (Å²) in [6.07, 6.45) is 6.18. The molecule has 0 aliphatic heterocycles. The van der Waals surface area contributed by atoms with Crippen molar-refractivity contribution >= 4 is 12.4 Å². The lowest BCUT2D eigenvalue weighted by atomic mass is 10.2. The summed E-state index contributed by atoms with van der Waals surface area (Å²) in [5, 5.41) is 0. The fourth-order valence-electron chi connectivity index (χ4n) is 0.408. The molecule has 7 heavy (non-hydrogen) atoms. The summed E-state index contributed by atoms with van der Waals surface area (Å²) in [5.74, 6) is 0. The summed E-state index contributed by atoms with van der Waals surface area (Å²) in [6.45, 7) is 4.32. The fraction of sp³-hybridized carbons (Fsp3) is 0.833. The molecule has 0 unspecified atom stereocenters. The van der Waals surface area contributed by atoms with Gasteiger partial charge in [-0.3, -0.25) is 0 Å². The van der Waals surface area contributed by atoms with Crippen molar-refractivity contribution in [3.05, 3.63) is 6.42 Å². The van der Waals surface area contributed by atoms with Crippen molar-refractivity contribution < 1.29 is 0 Å². The van der Waals surface area contributed by atoms with Crippen molar-refractivity contribution in [2.45, 2.75) is 33.1 Å². The molecule has 0 amide bonds. The Morgan fingerprint density at radius 1 is 1.43 bits per heavy atom. The van der Waals surface area contributed by atoms with Crippen molar-refractivity contribution in [3.63, 3.8) is 0 Å². The quantitative estimate of drug-likeness (QED) is 0.504. The smallest absolute Gasteiger partial charge is 0.0417 e. The van der Waals surface area contributed by atoms with Gasteiger partial charge in [-0.25, -0.2) is 0 Å². The maximum atomic E-state index is 2.21. The third-order valence-corrected chi connectivity index (χ3v) is 0.846. The van der Waals surface area contributed by atoms with E-state index in [4.69, 9.17) is 0 Å². The Labute approximate surface area is 52.7 Å². The minimum Gasteiger partial charge on any atom is -0.147 e. The summed E-state index contributed by atoms with van der Waals surface area (Å²) in [6, 6.07) is 0. The van der Waals surface area contributed by atoms with Gasteiger partial charge in [0, 0.05) is 0 Å². The van der Waals surface area contributed by atoms with E-state index in [-0.39, 0.29) is 12.4 Å². The van der Waals surface area contributed by atoms with Gasteiger partial charge in [-0.1, -0.05) is 33.1 Å². The monoisotopic (exact) mass is 121 g/mol. The first kappa shape index (κ1) is 10.3. The molecule has 0 aromatic heterocycles. The van der Waals surface area contributed by atoms with E-state index in [0.717, 1.165) is 0 Å². The first-order valence-corrected chi connectivity index (χ1v) is 2.69. The first-order valence-electron chi connectivity index (χ1n) is 2.69. The van der Waals surface area contributed by atoms with Gasteiger partial charge >= 0.3 is 0 Å². The van der Waals surface area contributed by atoms with E-state index < -0.39 is 0 Å². The molecule has 0 bridgehead atoms. The standard InChI is InChI=1S/C6H13.ClH/c1-3-5-6-4-2;/h3H,4-6H2,1-2H3;1H. The minimum atomic E-state index is 0. The largest absolute Gasteiger partial charge is 0.147 e. The third-order valence-electron chi connectivity index (χ3n) is 0.846. The molecule has 1 radical (unpaired) electrons. The molecule has 0 saturated heterocycles. The van der Waals surface area contributed by atoms with E-state index in [9.17, 15) is 0 Å². The predicted molar refractivity (Wildman–Crippen MR) is 36.7 cm³/mol. The molecule has 0 fully saturated rings. The Morgan fingerprint density at radius 3 is 2.14 bits per heavy atom. The maximum absolute atomic E-state index is 2.21. The minimum absolute atomic E-state index is 0. The lowest BCUT2D eigenvalue weighted by Crippen LogP contribution is -1.67. The summed E-state index contributed by atoms with van der Waals surface area (Å²) in [7, 11) is 0. The second-order valence-electron chi connectivity index (χ2n) is 1.55. The Hall–Kier alpha value is 0.290. The first-order chi connectivity index (χ1) is 2.91. The molecule has 0 rings (SSSR count). The zero-order chi connectivity index (χ0) is 4.83. The van der Waals surface area contributed by atoms with E-state index in [1.54, 1.807) is 0 Å². The van der Waals surface area contributed by atoms with Gasteiger partial charge in [-0.15, -0.1) is 12.4 Å². The molecule has 1 heteroatoms. The van der Waals surface area contributed by atoms with Crippen LogP contribution in [0.3, 0.4) is 0 Å². The second kappa shape index (κ2) is 9.56. The highest BCUT2D eigenvalue weighted by atomic mass is 35.5. The Morgan fingerprint density at radius 2 is 2.00 bits per heavy atom. The molecule has 0 spiro atoms. The zero-order valence-corrected chi connectivity index (χ0v) is 5.92. The van der Waals surface area contributed by atoms with Gasteiger partial charge in [0.15, 0.2) is 0 Å². The van der Waals surface area contributed by atoms with E-state index in [0.29, 0.717) is 0 Å². The number of rotatable bonds is 3. The van der Waals surface area contributed by atoms with Crippen molar-refractivity contribution in [3.8, 4) is 0 Å². The van der Waals surface area contributed by atoms with Gasteiger partial charge in [0.1, 0.15) is 0 Å². The summed E-state index contributed by atoms with van der Waals surface area (Å²) < 4.78 is 0. The fourth-order valence-corrected chi connectivity index (χ4v) is 0.408. The summed E-state index contributed by atoms with van der Waals surface area (Å²) in [4.78, 5) is 0. The molecule has 0 aromatic rings. The molecule has 0 saturated carbocycles. The molecule has 0 N–H and O–H groups in total. The number of hydrogen-bond donors (Lipinski definition) is 0. The van der Waals surface area contributed by atoms with Crippen molar-refractivity contribution in [1.29, 1.82) is 0 Å². The lowest BCUT2D eigenvalue weighted by molar-refractivity contribution is 0.784. The Kier molecular flexibility index (Phi) is 14.1. The van der Waals surface area contributed by atoms with Crippen LogP contribution in [0.25, 0.3) is 0 Å². The predicted octanol–water partition coefficient (Wildman–Crippen LogP) is 2.82. The number of unbranched alkanes of at least 4 members (excludes halogenated alkanes) is 3. The van der Waals surface area contributed by atoms with Gasteiger partial charge < -0.3 is 0 Å². The van der Waals surface area contributed by atoms with Crippen LogP contribution in [0.15, 0.2) is 0 Å². The summed E-state index contributed by atoms with van der Waals surface area (Å²) >= 11 is 0. The average Bonchev–Trinajstić information content (AvgIpc) is 1.61. The van der Waals surface area contributed by atoms with Gasteiger partial charge in [0.2, 0.25) is 0 Å². The van der Waals surface area contributed by atoms with Gasteiger partial charge in [0.05, 0.1) is 0 Å². The number of hydrogen-bond acceptors (Lipinski definition) is 0. The maximum Gasteiger partial charge on any atom is -0.0417 e. The average molecular weight is 122 g/mol. The zero-order valence-electron chi connectivity index (χ0n) is 5.11. The van der Waals surface area contributed by atoms with Gasteiger partial charge in [-0.05, 0) is 6.42 Å². The molecular weight excluding hydrogens is 108 g/mol. The van der Waals surface area contributed by atoms with E-state index in [2.05, 4.69) is 20.3 Å². The van der Waals surface area contributed by atoms with Crippen molar-refractivity contribution in [1.82, 2.24) is 0 Å². The van der Waals surface area contributed by atoms with Crippen LogP contribution in [-0.2, 0) is 0 Å². The highest BCUT2D eigenvalue weighted by Gasteiger charge is 1.75. The van der Waals surface area contributed by atoms with Crippen LogP contribution in [-0.4, -0.2) is 0 Å². The molecule has 0 heterocycles. The van der Waals surface area contributed by atoms with Gasteiger partial charge in [0.25, 0.3) is 0 Å². The van der Waals surface area contributed by atoms with E-state index >= 15 is 0 Å². The van der Waals surface area contributed by atoms with Crippen LogP contribution in [0.1, 0.15) is 33.1 Å². The van der Waals surface area contributed by atoms with E-state index in [1.807, 2.05) is 0 Å². The SMILES string of the molecule is C[CH]CCCC.Cl. The van der Waals surface area contributed by atoms with Crippen LogP contribution in [0.4, 0.5) is 0 Å². The van der Waals surface area contributed by atoms with Crippen LogP contribution in [0, 0.1) is 6.42 Å². The number of halogens is 1. The molecule has 0 aliphatic rings. The molecule has 45 valence electrons. The van der Waals surface area contributed by atoms with Crippen LogP contribution >= 0.6 is 12.4 Å². The Balaban J connectivity index is 0. The highest BCUT2D eigenvalue weighted by Crippen LogP contribution is 1.94. The Bertz CT molecular complexity index is 16.1. The van der Waals surface area contributed by atoms with Crippen LogP contribution < -0.4 is 0 Å². The van der Waals surface area contributed by atoms with Gasteiger partial charge in [-0.2, -0.15) is 0 Å². The van der Waals surface area contributed by atoms with Crippen molar-refractivity contribution in [2.24, 2.45) is 0 Å². The molecule has 0 nitrogen and oxygen atoms in total. The molecule has 0 atom stereocenters.